The fourth-order valence-corrected chi connectivity index (χ4v) is 1.10. The predicted molar refractivity (Wildman–Crippen MR) is 47.1 cm³/mol. The molecule has 0 saturated carbocycles. The molecule has 0 unspecified atom stereocenters. The minimum absolute atomic E-state index is 0.0174. The fraction of sp³-hybridized carbons (Fsp3) is 1.00. The third kappa shape index (κ3) is 4.38. The van der Waals surface area contributed by atoms with Crippen LogP contribution in [0.25, 0.3) is 0 Å². The Balaban J connectivity index is 3.79. The van der Waals surface area contributed by atoms with Crippen LogP contribution in [0.5, 0.6) is 0 Å². The van der Waals surface area contributed by atoms with E-state index in [1.54, 1.807) is 0 Å². The van der Waals surface area contributed by atoms with Gasteiger partial charge in [0.25, 0.3) is 0 Å². The molecule has 0 amide bonds. The van der Waals surface area contributed by atoms with E-state index in [2.05, 4.69) is 18.7 Å². The summed E-state index contributed by atoms with van der Waals surface area (Å²) in [5.74, 6) is 0. The van der Waals surface area contributed by atoms with E-state index in [1.165, 1.54) is 0 Å². The van der Waals surface area contributed by atoms with E-state index >= 15 is 0 Å². The van der Waals surface area contributed by atoms with Crippen LogP contribution in [0.4, 0.5) is 0 Å². The molecule has 2 heteroatoms. The van der Waals surface area contributed by atoms with Gasteiger partial charge in [-0.15, -0.1) is 0 Å². The largest absolute Gasteiger partial charge is 0.303 e. The molecule has 0 atom stereocenters. The Morgan fingerprint density at radius 1 is 1.18 bits per heavy atom. The molecule has 0 aliphatic rings. The zero-order valence-electron chi connectivity index (χ0n) is 8.18. The van der Waals surface area contributed by atoms with Gasteiger partial charge >= 0.3 is 0 Å². The maximum atomic E-state index is 10.7. The van der Waals surface area contributed by atoms with Crippen molar-refractivity contribution >= 4 is 0 Å². The van der Waals surface area contributed by atoms with Crippen molar-refractivity contribution in [1.29, 1.82) is 0 Å². The number of rotatable bonds is 5. The summed E-state index contributed by atoms with van der Waals surface area (Å²) >= 11 is 0. The smallest absolute Gasteiger partial charge is 0.0885 e. The highest BCUT2D eigenvalue weighted by molar-refractivity contribution is 4.71. The molecule has 0 aromatic rings. The second-order valence-corrected chi connectivity index (χ2v) is 3.77. The lowest BCUT2D eigenvalue weighted by Gasteiger charge is -2.28. The Kier molecular flexibility index (Phi) is 4.69. The van der Waals surface area contributed by atoms with Gasteiger partial charge in [-0.3, -0.25) is 0 Å². The summed E-state index contributed by atoms with van der Waals surface area (Å²) in [6, 6.07) is 0. The van der Waals surface area contributed by atoms with Crippen molar-refractivity contribution in [2.24, 2.45) is 5.41 Å². The van der Waals surface area contributed by atoms with Crippen LogP contribution in [0.3, 0.4) is 0 Å². The molecule has 0 N–H and O–H groups in total. The molecule has 0 aliphatic carbocycles. The first-order valence-electron chi connectivity index (χ1n) is 4.36. The standard InChI is InChI=1S/C9H20NO/c1-5-10(6-2)7-9(3,4)8-11/h5-8H2,1-4H3. The highest BCUT2D eigenvalue weighted by Crippen LogP contribution is 2.15. The molecule has 0 spiro atoms. The van der Waals surface area contributed by atoms with Crippen LogP contribution in [0.15, 0.2) is 0 Å². The molecule has 67 valence electrons. The zero-order chi connectivity index (χ0) is 8.91. The second kappa shape index (κ2) is 4.73. The number of nitrogens with zero attached hydrogens (tertiary/aromatic N) is 1. The van der Waals surface area contributed by atoms with Crippen LogP contribution in [-0.2, 0) is 5.11 Å². The SMILES string of the molecule is CCN(CC)CC(C)(C)C[O]. The normalized spacial score (nSPS) is 12.5. The van der Waals surface area contributed by atoms with Crippen LogP contribution in [0.2, 0.25) is 0 Å². The van der Waals surface area contributed by atoms with E-state index < -0.39 is 0 Å². The Labute approximate surface area is 70.2 Å². The van der Waals surface area contributed by atoms with Crippen LogP contribution < -0.4 is 0 Å². The van der Waals surface area contributed by atoms with Gasteiger partial charge in [0, 0.05) is 12.0 Å². The molecule has 1 radical (unpaired) electrons. The van der Waals surface area contributed by atoms with Crippen LogP contribution >= 0.6 is 0 Å². The Bertz CT molecular complexity index is 97.7. The van der Waals surface area contributed by atoms with Gasteiger partial charge in [0.2, 0.25) is 0 Å². The van der Waals surface area contributed by atoms with Gasteiger partial charge in [-0.05, 0) is 13.1 Å². The summed E-state index contributed by atoms with van der Waals surface area (Å²) in [7, 11) is 0. The van der Waals surface area contributed by atoms with Crippen molar-refractivity contribution in [1.82, 2.24) is 4.90 Å². The van der Waals surface area contributed by atoms with Crippen LogP contribution in [-0.4, -0.2) is 31.1 Å². The molecule has 2 nitrogen and oxygen atoms in total. The van der Waals surface area contributed by atoms with Gasteiger partial charge < -0.3 is 4.90 Å². The number of hydrogen-bond acceptors (Lipinski definition) is 1. The fourth-order valence-electron chi connectivity index (χ4n) is 1.10. The first kappa shape index (κ1) is 10.9. The maximum Gasteiger partial charge on any atom is 0.0885 e. The molecule has 0 fully saturated rings. The summed E-state index contributed by atoms with van der Waals surface area (Å²) in [5.41, 5.74) is -0.0635. The lowest BCUT2D eigenvalue weighted by atomic mass is 9.94. The van der Waals surface area contributed by atoms with Crippen molar-refractivity contribution in [2.75, 3.05) is 26.2 Å². The van der Waals surface area contributed by atoms with E-state index in [9.17, 15) is 5.11 Å². The molecular weight excluding hydrogens is 138 g/mol. The van der Waals surface area contributed by atoms with E-state index in [0.717, 1.165) is 19.6 Å². The summed E-state index contributed by atoms with van der Waals surface area (Å²) < 4.78 is 0. The lowest BCUT2D eigenvalue weighted by molar-refractivity contribution is 0.0630. The Morgan fingerprint density at radius 2 is 1.64 bits per heavy atom. The van der Waals surface area contributed by atoms with Crippen molar-refractivity contribution < 1.29 is 5.11 Å². The third-order valence-corrected chi connectivity index (χ3v) is 1.94. The minimum Gasteiger partial charge on any atom is -0.303 e. The Morgan fingerprint density at radius 3 is 1.91 bits per heavy atom. The molecule has 0 rings (SSSR count). The van der Waals surface area contributed by atoms with Crippen molar-refractivity contribution in [3.05, 3.63) is 0 Å². The zero-order valence-corrected chi connectivity index (χ0v) is 8.18. The first-order valence-corrected chi connectivity index (χ1v) is 4.36. The van der Waals surface area contributed by atoms with Crippen LogP contribution in [0.1, 0.15) is 27.7 Å². The molecule has 0 aliphatic heterocycles. The quantitative estimate of drug-likeness (QED) is 0.598. The minimum atomic E-state index is -0.0635. The van der Waals surface area contributed by atoms with E-state index in [1.807, 2.05) is 13.8 Å². The first-order chi connectivity index (χ1) is 5.05. The van der Waals surface area contributed by atoms with E-state index in [4.69, 9.17) is 0 Å². The highest BCUT2D eigenvalue weighted by Gasteiger charge is 2.19. The monoisotopic (exact) mass is 158 g/mol. The topological polar surface area (TPSA) is 23.1 Å². The van der Waals surface area contributed by atoms with E-state index in [0.29, 0.717) is 0 Å². The van der Waals surface area contributed by atoms with Crippen molar-refractivity contribution in [3.8, 4) is 0 Å². The Hall–Kier alpha value is -0.0800. The average molecular weight is 158 g/mol. The summed E-state index contributed by atoms with van der Waals surface area (Å²) in [6.45, 7) is 11.3. The summed E-state index contributed by atoms with van der Waals surface area (Å²) in [5, 5.41) is 10.7. The number of hydrogen-bond donors (Lipinski definition) is 0. The predicted octanol–water partition coefficient (Wildman–Crippen LogP) is 1.78. The highest BCUT2D eigenvalue weighted by atomic mass is 16.3. The molecule has 11 heavy (non-hydrogen) atoms. The molecular formula is C9H20NO. The van der Waals surface area contributed by atoms with E-state index in [-0.39, 0.29) is 12.0 Å². The van der Waals surface area contributed by atoms with Gasteiger partial charge in [0.1, 0.15) is 0 Å². The van der Waals surface area contributed by atoms with Crippen molar-refractivity contribution in [3.63, 3.8) is 0 Å². The molecule has 0 aromatic heterocycles. The molecule has 0 aromatic carbocycles. The molecule has 0 bridgehead atoms. The molecule has 0 saturated heterocycles. The van der Waals surface area contributed by atoms with Gasteiger partial charge in [-0.25, -0.2) is 5.11 Å². The van der Waals surface area contributed by atoms with Crippen molar-refractivity contribution in [2.45, 2.75) is 27.7 Å². The second-order valence-electron chi connectivity index (χ2n) is 3.77. The molecule has 0 heterocycles. The van der Waals surface area contributed by atoms with Gasteiger partial charge in [0.05, 0.1) is 6.61 Å². The lowest BCUT2D eigenvalue weighted by Crippen LogP contribution is -2.35. The average Bonchev–Trinajstić information content (AvgIpc) is 2.00. The van der Waals surface area contributed by atoms with Gasteiger partial charge in [0.15, 0.2) is 0 Å². The third-order valence-electron chi connectivity index (χ3n) is 1.94. The maximum absolute atomic E-state index is 10.7. The van der Waals surface area contributed by atoms with Gasteiger partial charge in [-0.1, -0.05) is 27.7 Å². The van der Waals surface area contributed by atoms with Crippen LogP contribution in [0, 0.1) is 5.41 Å². The summed E-state index contributed by atoms with van der Waals surface area (Å²) in [6.07, 6.45) is 0. The van der Waals surface area contributed by atoms with Gasteiger partial charge in [-0.2, -0.15) is 0 Å². The summed E-state index contributed by atoms with van der Waals surface area (Å²) in [4.78, 5) is 2.29.